The number of hydrogen-bond acceptors (Lipinski definition) is 3. The summed E-state index contributed by atoms with van der Waals surface area (Å²) in [5.41, 5.74) is 1.18. The van der Waals surface area contributed by atoms with Crippen LogP contribution in [0.3, 0.4) is 0 Å². The van der Waals surface area contributed by atoms with Crippen molar-refractivity contribution in [1.29, 1.82) is 0 Å². The van der Waals surface area contributed by atoms with Crippen LogP contribution in [0.2, 0.25) is 0 Å². The van der Waals surface area contributed by atoms with Gasteiger partial charge in [0.05, 0.1) is 0 Å². The zero-order valence-corrected chi connectivity index (χ0v) is 12.2. The average molecular weight is 273 g/mol. The minimum atomic E-state index is 0.829. The van der Waals surface area contributed by atoms with Gasteiger partial charge in [-0.15, -0.1) is 11.8 Å². The highest BCUT2D eigenvalue weighted by Crippen LogP contribution is 2.26. The SMILES string of the molecule is CCNCc1ccccc1Oc1ccc(SC)cc1. The molecule has 0 heterocycles. The number of benzene rings is 2. The van der Waals surface area contributed by atoms with Crippen LogP contribution >= 0.6 is 11.8 Å². The molecule has 2 nitrogen and oxygen atoms in total. The van der Waals surface area contributed by atoms with Gasteiger partial charge in [-0.3, -0.25) is 0 Å². The van der Waals surface area contributed by atoms with Crippen molar-refractivity contribution in [2.24, 2.45) is 0 Å². The number of ether oxygens (including phenoxy) is 1. The zero-order chi connectivity index (χ0) is 13.5. The molecule has 0 aliphatic carbocycles. The van der Waals surface area contributed by atoms with E-state index in [1.54, 1.807) is 11.8 Å². The molecule has 0 saturated heterocycles. The molecule has 0 aliphatic heterocycles. The molecule has 2 aromatic carbocycles. The monoisotopic (exact) mass is 273 g/mol. The summed E-state index contributed by atoms with van der Waals surface area (Å²) in [6, 6.07) is 16.3. The molecule has 0 atom stereocenters. The summed E-state index contributed by atoms with van der Waals surface area (Å²) < 4.78 is 5.96. The van der Waals surface area contributed by atoms with E-state index in [0.717, 1.165) is 24.6 Å². The van der Waals surface area contributed by atoms with Crippen molar-refractivity contribution in [2.75, 3.05) is 12.8 Å². The fraction of sp³-hybridized carbons (Fsp3) is 0.250. The van der Waals surface area contributed by atoms with E-state index in [2.05, 4.69) is 36.7 Å². The van der Waals surface area contributed by atoms with E-state index in [4.69, 9.17) is 4.74 Å². The van der Waals surface area contributed by atoms with Crippen LogP contribution in [-0.2, 0) is 6.54 Å². The Morgan fingerprint density at radius 2 is 1.79 bits per heavy atom. The van der Waals surface area contributed by atoms with Crippen LogP contribution < -0.4 is 10.1 Å². The molecule has 2 aromatic rings. The summed E-state index contributed by atoms with van der Waals surface area (Å²) in [7, 11) is 0. The third kappa shape index (κ3) is 4.01. The smallest absolute Gasteiger partial charge is 0.131 e. The standard InChI is InChI=1S/C16H19NOS/c1-3-17-12-13-6-4-5-7-16(13)18-14-8-10-15(19-2)11-9-14/h4-11,17H,3,12H2,1-2H3. The molecule has 0 spiro atoms. The first kappa shape index (κ1) is 14.0. The van der Waals surface area contributed by atoms with Gasteiger partial charge < -0.3 is 10.1 Å². The fourth-order valence-corrected chi connectivity index (χ4v) is 2.19. The van der Waals surface area contributed by atoms with Gasteiger partial charge in [0.15, 0.2) is 0 Å². The summed E-state index contributed by atoms with van der Waals surface area (Å²) in [4.78, 5) is 1.24. The van der Waals surface area contributed by atoms with Crippen molar-refractivity contribution in [1.82, 2.24) is 5.32 Å². The number of para-hydroxylation sites is 1. The van der Waals surface area contributed by atoms with E-state index >= 15 is 0 Å². The molecule has 0 aliphatic rings. The van der Waals surface area contributed by atoms with Crippen LogP contribution in [0.1, 0.15) is 12.5 Å². The molecule has 0 fully saturated rings. The second kappa shape index (κ2) is 7.22. The Morgan fingerprint density at radius 1 is 1.05 bits per heavy atom. The van der Waals surface area contributed by atoms with Crippen molar-refractivity contribution < 1.29 is 4.74 Å². The highest BCUT2D eigenvalue weighted by molar-refractivity contribution is 7.98. The fourth-order valence-electron chi connectivity index (χ4n) is 1.78. The molecule has 0 radical (unpaired) electrons. The van der Waals surface area contributed by atoms with Gasteiger partial charge in [0.25, 0.3) is 0 Å². The lowest BCUT2D eigenvalue weighted by molar-refractivity contribution is 0.473. The van der Waals surface area contributed by atoms with Crippen molar-refractivity contribution >= 4 is 11.8 Å². The van der Waals surface area contributed by atoms with Gasteiger partial charge >= 0.3 is 0 Å². The largest absolute Gasteiger partial charge is 0.457 e. The van der Waals surface area contributed by atoms with Crippen LogP contribution in [0, 0.1) is 0 Å². The summed E-state index contributed by atoms with van der Waals surface area (Å²) in [5.74, 6) is 1.79. The normalized spacial score (nSPS) is 10.4. The van der Waals surface area contributed by atoms with Crippen LogP contribution in [-0.4, -0.2) is 12.8 Å². The van der Waals surface area contributed by atoms with Crippen LogP contribution in [0.5, 0.6) is 11.5 Å². The maximum absolute atomic E-state index is 5.96. The van der Waals surface area contributed by atoms with Crippen molar-refractivity contribution in [3.05, 3.63) is 54.1 Å². The summed E-state index contributed by atoms with van der Waals surface area (Å²) in [6.07, 6.45) is 2.07. The molecule has 2 rings (SSSR count). The Morgan fingerprint density at radius 3 is 2.47 bits per heavy atom. The molecule has 0 aromatic heterocycles. The molecule has 100 valence electrons. The second-order valence-corrected chi connectivity index (χ2v) is 5.05. The first-order chi connectivity index (χ1) is 9.33. The van der Waals surface area contributed by atoms with Crippen LogP contribution in [0.4, 0.5) is 0 Å². The van der Waals surface area contributed by atoms with Gasteiger partial charge in [-0.1, -0.05) is 25.1 Å². The number of hydrogen-bond donors (Lipinski definition) is 1. The maximum Gasteiger partial charge on any atom is 0.131 e. The minimum absolute atomic E-state index is 0.829. The lowest BCUT2D eigenvalue weighted by Crippen LogP contribution is -2.12. The number of thioether (sulfide) groups is 1. The summed E-state index contributed by atoms with van der Waals surface area (Å²) in [6.45, 7) is 3.89. The predicted molar refractivity (Wildman–Crippen MR) is 82.1 cm³/mol. The van der Waals surface area contributed by atoms with E-state index in [9.17, 15) is 0 Å². The van der Waals surface area contributed by atoms with Crippen LogP contribution in [0.25, 0.3) is 0 Å². The minimum Gasteiger partial charge on any atom is -0.457 e. The number of nitrogens with one attached hydrogen (secondary N) is 1. The molecule has 0 unspecified atom stereocenters. The lowest BCUT2D eigenvalue weighted by atomic mass is 10.2. The highest BCUT2D eigenvalue weighted by atomic mass is 32.2. The van der Waals surface area contributed by atoms with Crippen LogP contribution in [0.15, 0.2) is 53.4 Å². The maximum atomic E-state index is 5.96. The van der Waals surface area contributed by atoms with Gasteiger partial charge in [-0.05, 0) is 43.1 Å². The Balaban J connectivity index is 2.12. The summed E-state index contributed by atoms with van der Waals surface area (Å²) in [5, 5.41) is 3.33. The molecule has 1 N–H and O–H groups in total. The Bertz CT molecular complexity index is 510. The average Bonchev–Trinajstić information content (AvgIpc) is 2.47. The molecular weight excluding hydrogens is 254 g/mol. The summed E-state index contributed by atoms with van der Waals surface area (Å²) >= 11 is 1.73. The van der Waals surface area contributed by atoms with E-state index in [1.165, 1.54) is 10.5 Å². The van der Waals surface area contributed by atoms with Gasteiger partial charge in [0.2, 0.25) is 0 Å². The molecule has 0 bridgehead atoms. The van der Waals surface area contributed by atoms with Gasteiger partial charge in [0.1, 0.15) is 11.5 Å². The first-order valence-corrected chi connectivity index (χ1v) is 7.66. The van der Waals surface area contributed by atoms with E-state index in [0.29, 0.717) is 0 Å². The third-order valence-electron chi connectivity index (χ3n) is 2.83. The molecule has 19 heavy (non-hydrogen) atoms. The Hall–Kier alpha value is -1.45. The Kier molecular flexibility index (Phi) is 5.31. The predicted octanol–water partition coefficient (Wildman–Crippen LogP) is 4.31. The third-order valence-corrected chi connectivity index (χ3v) is 3.57. The van der Waals surface area contributed by atoms with E-state index < -0.39 is 0 Å². The van der Waals surface area contributed by atoms with Gasteiger partial charge in [-0.25, -0.2) is 0 Å². The molecule has 3 heteroatoms. The molecular formula is C16H19NOS. The topological polar surface area (TPSA) is 21.3 Å². The Labute approximate surface area is 119 Å². The molecule has 0 saturated carbocycles. The van der Waals surface area contributed by atoms with Crippen molar-refractivity contribution in [2.45, 2.75) is 18.4 Å². The van der Waals surface area contributed by atoms with E-state index in [1.807, 2.05) is 30.3 Å². The second-order valence-electron chi connectivity index (χ2n) is 4.17. The zero-order valence-electron chi connectivity index (χ0n) is 11.3. The number of rotatable bonds is 6. The van der Waals surface area contributed by atoms with Gasteiger partial charge in [-0.2, -0.15) is 0 Å². The quantitative estimate of drug-likeness (QED) is 0.792. The molecule has 0 amide bonds. The van der Waals surface area contributed by atoms with E-state index in [-0.39, 0.29) is 0 Å². The first-order valence-electron chi connectivity index (χ1n) is 6.44. The van der Waals surface area contributed by atoms with Gasteiger partial charge in [0, 0.05) is 17.0 Å². The highest BCUT2D eigenvalue weighted by Gasteiger charge is 2.03. The van der Waals surface area contributed by atoms with Crippen molar-refractivity contribution in [3.63, 3.8) is 0 Å². The lowest BCUT2D eigenvalue weighted by Gasteiger charge is -2.11. The van der Waals surface area contributed by atoms with Crippen molar-refractivity contribution in [3.8, 4) is 11.5 Å².